The van der Waals surface area contributed by atoms with Crippen LogP contribution in [0, 0.1) is 17.5 Å². The van der Waals surface area contributed by atoms with Crippen molar-refractivity contribution in [1.29, 1.82) is 5.41 Å². The zero-order valence-electron chi connectivity index (χ0n) is 7.45. The van der Waals surface area contributed by atoms with E-state index in [1.807, 2.05) is 0 Å². The summed E-state index contributed by atoms with van der Waals surface area (Å²) in [7, 11) is 0. The van der Waals surface area contributed by atoms with E-state index in [-0.39, 0.29) is 12.3 Å². The number of nitrogens with one attached hydrogen (secondary N) is 1. The van der Waals surface area contributed by atoms with Crippen LogP contribution in [0.25, 0.3) is 0 Å². The predicted molar refractivity (Wildman–Crippen MR) is 48.7 cm³/mol. The lowest BCUT2D eigenvalue weighted by atomic mass is 10.1. The summed E-state index contributed by atoms with van der Waals surface area (Å²) in [6.07, 6.45) is 1.81. The van der Waals surface area contributed by atoms with Gasteiger partial charge in [0.05, 0.1) is 6.61 Å². The normalized spacial score (nSPS) is 10.0. The monoisotopic (exact) mass is 180 g/mol. The Labute approximate surface area is 76.5 Å². The quantitative estimate of drug-likeness (QED) is 0.396. The number of aliphatic hydroxyl groups excluding tert-OH is 1. The van der Waals surface area contributed by atoms with E-state index < -0.39 is 0 Å². The van der Waals surface area contributed by atoms with Crippen LogP contribution in [0.5, 0.6) is 0 Å². The highest BCUT2D eigenvalue weighted by atomic mass is 16.5. The van der Waals surface area contributed by atoms with Crippen molar-refractivity contribution in [3.05, 3.63) is 34.8 Å². The zero-order chi connectivity index (χ0) is 9.84. The van der Waals surface area contributed by atoms with E-state index in [1.165, 1.54) is 6.20 Å². The van der Waals surface area contributed by atoms with Gasteiger partial charge >= 0.3 is 0 Å². The van der Waals surface area contributed by atoms with Gasteiger partial charge in [0.2, 0.25) is 0 Å². The van der Waals surface area contributed by atoms with Crippen LogP contribution in [0.3, 0.4) is 0 Å². The maximum Gasteiger partial charge on any atom is 0.189 e. The lowest BCUT2D eigenvalue weighted by Crippen LogP contribution is -2.29. The van der Waals surface area contributed by atoms with Crippen molar-refractivity contribution in [3.8, 4) is 0 Å². The van der Waals surface area contributed by atoms with Gasteiger partial charge in [-0.1, -0.05) is 0 Å². The van der Waals surface area contributed by atoms with Crippen LogP contribution in [0.1, 0.15) is 11.3 Å². The topological polar surface area (TPSA) is 71.0 Å². The molecule has 0 aliphatic heterocycles. The maximum absolute atomic E-state index is 10.9. The largest absolute Gasteiger partial charge is 0.619 e. The molecule has 1 aromatic heterocycles. The molecule has 13 heavy (non-hydrogen) atoms. The SMILES string of the molecule is Cc1cc(CC(=N)CO)cc[n+]1[O-]. The predicted octanol–water partition coefficient (Wildman–Crippen LogP) is 0.183. The molecule has 2 N–H and O–H groups in total. The van der Waals surface area contributed by atoms with Gasteiger partial charge in [-0.25, -0.2) is 0 Å². The summed E-state index contributed by atoms with van der Waals surface area (Å²) < 4.78 is 0.770. The van der Waals surface area contributed by atoms with Crippen molar-refractivity contribution in [2.75, 3.05) is 6.61 Å². The molecule has 0 aliphatic carbocycles. The third-order valence-corrected chi connectivity index (χ3v) is 1.77. The third kappa shape index (κ3) is 2.52. The van der Waals surface area contributed by atoms with Crippen LogP contribution < -0.4 is 4.73 Å². The van der Waals surface area contributed by atoms with Gasteiger partial charge in [-0.15, -0.1) is 0 Å². The molecule has 4 heteroatoms. The number of pyridine rings is 1. The van der Waals surface area contributed by atoms with Crippen LogP contribution in [0.4, 0.5) is 0 Å². The number of aromatic nitrogens is 1. The van der Waals surface area contributed by atoms with Crippen molar-refractivity contribution in [3.63, 3.8) is 0 Å². The van der Waals surface area contributed by atoms with Crippen molar-refractivity contribution >= 4 is 5.71 Å². The molecule has 0 atom stereocenters. The Morgan fingerprint density at radius 1 is 1.69 bits per heavy atom. The van der Waals surface area contributed by atoms with Gasteiger partial charge in [0.25, 0.3) is 0 Å². The first-order chi connectivity index (χ1) is 6.13. The molecule has 70 valence electrons. The van der Waals surface area contributed by atoms with Gasteiger partial charge in [-0.2, -0.15) is 4.73 Å². The minimum atomic E-state index is -0.231. The van der Waals surface area contributed by atoms with E-state index in [1.54, 1.807) is 19.1 Å². The van der Waals surface area contributed by atoms with E-state index in [4.69, 9.17) is 10.5 Å². The number of hydrogen-bond acceptors (Lipinski definition) is 3. The second-order valence-corrected chi connectivity index (χ2v) is 2.94. The van der Waals surface area contributed by atoms with Crippen molar-refractivity contribution < 1.29 is 9.84 Å². The van der Waals surface area contributed by atoms with E-state index in [9.17, 15) is 5.21 Å². The van der Waals surface area contributed by atoms with Crippen LogP contribution in [-0.4, -0.2) is 17.4 Å². The third-order valence-electron chi connectivity index (χ3n) is 1.77. The summed E-state index contributed by atoms with van der Waals surface area (Å²) in [5, 5.41) is 26.8. The molecule has 0 saturated carbocycles. The molecule has 0 aliphatic rings. The fourth-order valence-electron chi connectivity index (χ4n) is 1.07. The zero-order valence-corrected chi connectivity index (χ0v) is 7.45. The van der Waals surface area contributed by atoms with Gasteiger partial charge in [-0.05, 0) is 5.56 Å². The average molecular weight is 180 g/mol. The molecule has 1 rings (SSSR count). The summed E-state index contributed by atoms with van der Waals surface area (Å²) in [6.45, 7) is 1.48. The Morgan fingerprint density at radius 2 is 2.38 bits per heavy atom. The number of nitrogens with zero attached hydrogens (tertiary/aromatic N) is 1. The fraction of sp³-hybridized carbons (Fsp3) is 0.333. The minimum absolute atomic E-state index is 0.231. The van der Waals surface area contributed by atoms with E-state index in [0.717, 1.165) is 10.3 Å². The van der Waals surface area contributed by atoms with Gasteiger partial charge in [0.15, 0.2) is 11.9 Å². The molecule has 0 spiro atoms. The molecule has 4 nitrogen and oxygen atoms in total. The Kier molecular flexibility index (Phi) is 2.97. The first kappa shape index (κ1) is 9.67. The van der Waals surface area contributed by atoms with Crippen molar-refractivity contribution in [2.45, 2.75) is 13.3 Å². The molecule has 0 bridgehead atoms. The number of hydrogen-bond donors (Lipinski definition) is 2. The van der Waals surface area contributed by atoms with Crippen molar-refractivity contribution in [1.82, 2.24) is 0 Å². The molecule has 0 amide bonds. The fourth-order valence-corrected chi connectivity index (χ4v) is 1.07. The van der Waals surface area contributed by atoms with Crippen molar-refractivity contribution in [2.24, 2.45) is 0 Å². The van der Waals surface area contributed by atoms with Gasteiger partial charge < -0.3 is 15.7 Å². The summed E-state index contributed by atoms with van der Waals surface area (Å²) in [6, 6.07) is 3.38. The first-order valence-corrected chi connectivity index (χ1v) is 3.99. The Bertz CT molecular complexity index is 323. The Morgan fingerprint density at radius 3 is 2.92 bits per heavy atom. The average Bonchev–Trinajstić information content (AvgIpc) is 2.11. The molecule has 0 radical (unpaired) electrons. The molecular formula is C9H12N2O2. The summed E-state index contributed by atoms with van der Waals surface area (Å²) >= 11 is 0. The molecule has 0 fully saturated rings. The molecule has 0 unspecified atom stereocenters. The standard InChI is InChI=1S/C9H12N2O2/c1-7-4-8(2-3-11(7)13)5-9(10)6-12/h2-4,10,12H,5-6H2,1H3. The Hall–Kier alpha value is -1.42. The highest BCUT2D eigenvalue weighted by molar-refractivity contribution is 5.84. The van der Waals surface area contributed by atoms with E-state index >= 15 is 0 Å². The molecule has 1 heterocycles. The van der Waals surface area contributed by atoms with Crippen LogP contribution in [0.2, 0.25) is 0 Å². The number of aliphatic hydroxyl groups is 1. The summed E-state index contributed by atoms with van der Waals surface area (Å²) in [5.74, 6) is 0. The Balaban J connectivity index is 2.79. The van der Waals surface area contributed by atoms with Crippen LogP contribution in [-0.2, 0) is 6.42 Å². The second kappa shape index (κ2) is 4.00. The molecule has 0 saturated heterocycles. The molecule has 0 aromatic carbocycles. The lowest BCUT2D eigenvalue weighted by molar-refractivity contribution is -0.612. The highest BCUT2D eigenvalue weighted by Gasteiger charge is 2.03. The maximum atomic E-state index is 10.9. The number of rotatable bonds is 3. The summed E-state index contributed by atoms with van der Waals surface area (Å²) in [5.41, 5.74) is 1.73. The number of aryl methyl sites for hydroxylation is 1. The van der Waals surface area contributed by atoms with E-state index in [2.05, 4.69) is 0 Å². The van der Waals surface area contributed by atoms with Gasteiger partial charge in [0, 0.05) is 31.2 Å². The molecule has 1 aromatic rings. The summed E-state index contributed by atoms with van der Waals surface area (Å²) in [4.78, 5) is 0. The second-order valence-electron chi connectivity index (χ2n) is 2.94. The lowest BCUT2D eigenvalue weighted by Gasteiger charge is -2.03. The van der Waals surface area contributed by atoms with Crippen LogP contribution >= 0.6 is 0 Å². The van der Waals surface area contributed by atoms with Gasteiger partial charge in [0.1, 0.15) is 0 Å². The van der Waals surface area contributed by atoms with Gasteiger partial charge in [-0.3, -0.25) is 0 Å². The first-order valence-electron chi connectivity index (χ1n) is 3.99. The smallest absolute Gasteiger partial charge is 0.189 e. The minimum Gasteiger partial charge on any atom is -0.619 e. The highest BCUT2D eigenvalue weighted by Crippen LogP contribution is 2.00. The molecular weight excluding hydrogens is 168 g/mol. The van der Waals surface area contributed by atoms with E-state index in [0.29, 0.717) is 12.1 Å². The van der Waals surface area contributed by atoms with Crippen LogP contribution in [0.15, 0.2) is 18.3 Å².